The van der Waals surface area contributed by atoms with Crippen molar-refractivity contribution in [3.63, 3.8) is 0 Å². The Morgan fingerprint density at radius 1 is 1.40 bits per heavy atom. The molecule has 15 heavy (non-hydrogen) atoms. The van der Waals surface area contributed by atoms with E-state index in [-0.39, 0.29) is 0 Å². The van der Waals surface area contributed by atoms with Crippen LogP contribution in [0.25, 0.3) is 0 Å². The molecular formula is C14H20O. The van der Waals surface area contributed by atoms with Gasteiger partial charge in [0.25, 0.3) is 0 Å². The molecule has 1 heterocycles. The number of rotatable bonds is 4. The van der Waals surface area contributed by atoms with Gasteiger partial charge in [-0.3, -0.25) is 0 Å². The fraction of sp³-hybridized carbons (Fsp3) is 0.571. The first-order valence-electron chi connectivity index (χ1n) is 5.85. The van der Waals surface area contributed by atoms with E-state index in [1.807, 2.05) is 0 Å². The zero-order valence-electron chi connectivity index (χ0n) is 9.92. The maximum Gasteiger partial charge on any atom is 0.106 e. The average Bonchev–Trinajstić information content (AvgIpc) is 3.01. The second kappa shape index (κ2) is 3.97. The van der Waals surface area contributed by atoms with Gasteiger partial charge >= 0.3 is 0 Å². The van der Waals surface area contributed by atoms with E-state index in [1.54, 1.807) is 0 Å². The Kier molecular flexibility index (Phi) is 2.83. The van der Waals surface area contributed by atoms with Crippen LogP contribution in [0.3, 0.4) is 0 Å². The molecule has 1 nitrogen and oxygen atoms in total. The van der Waals surface area contributed by atoms with Crippen LogP contribution in [0.5, 0.6) is 0 Å². The summed E-state index contributed by atoms with van der Waals surface area (Å²) in [6, 6.07) is 8.88. The highest BCUT2D eigenvalue weighted by Gasteiger charge is 2.26. The molecule has 1 heteroatoms. The van der Waals surface area contributed by atoms with Crippen molar-refractivity contribution in [2.45, 2.75) is 45.1 Å². The summed E-state index contributed by atoms with van der Waals surface area (Å²) < 4.78 is 5.32. The van der Waals surface area contributed by atoms with Gasteiger partial charge in [0, 0.05) is 0 Å². The van der Waals surface area contributed by atoms with E-state index in [4.69, 9.17) is 4.74 Å². The van der Waals surface area contributed by atoms with Crippen molar-refractivity contribution in [2.75, 3.05) is 6.61 Å². The molecule has 1 aliphatic heterocycles. The molecule has 0 radical (unpaired) electrons. The maximum absolute atomic E-state index is 5.32. The van der Waals surface area contributed by atoms with Crippen LogP contribution in [0, 0.1) is 0 Å². The van der Waals surface area contributed by atoms with Gasteiger partial charge in [0.05, 0.1) is 6.61 Å². The number of hydrogen-bond donors (Lipinski definition) is 0. The largest absolute Gasteiger partial charge is 0.368 e. The molecule has 1 fully saturated rings. The van der Waals surface area contributed by atoms with Crippen LogP contribution >= 0.6 is 0 Å². The SMILES string of the molecule is CCCC(C)(C)c1cccc(C2CO2)c1. The van der Waals surface area contributed by atoms with Crippen LogP contribution in [-0.2, 0) is 10.2 Å². The van der Waals surface area contributed by atoms with Gasteiger partial charge in [-0.2, -0.15) is 0 Å². The predicted molar refractivity (Wildman–Crippen MR) is 63.1 cm³/mol. The second-order valence-electron chi connectivity index (χ2n) is 5.08. The number of benzene rings is 1. The fourth-order valence-corrected chi connectivity index (χ4v) is 2.17. The minimum atomic E-state index is 0.291. The summed E-state index contributed by atoms with van der Waals surface area (Å²) >= 11 is 0. The van der Waals surface area contributed by atoms with Gasteiger partial charge in [-0.25, -0.2) is 0 Å². The number of hydrogen-bond acceptors (Lipinski definition) is 1. The van der Waals surface area contributed by atoms with Gasteiger partial charge in [-0.15, -0.1) is 0 Å². The van der Waals surface area contributed by atoms with E-state index in [9.17, 15) is 0 Å². The molecule has 1 aromatic carbocycles. The van der Waals surface area contributed by atoms with E-state index >= 15 is 0 Å². The van der Waals surface area contributed by atoms with Crippen LogP contribution in [0.1, 0.15) is 50.8 Å². The molecule has 2 rings (SSSR count). The van der Waals surface area contributed by atoms with Crippen molar-refractivity contribution in [2.24, 2.45) is 0 Å². The molecule has 1 unspecified atom stereocenters. The third-order valence-electron chi connectivity index (χ3n) is 3.25. The Morgan fingerprint density at radius 3 is 2.73 bits per heavy atom. The molecule has 0 amide bonds. The Labute approximate surface area is 92.5 Å². The molecule has 0 aliphatic carbocycles. The summed E-state index contributed by atoms with van der Waals surface area (Å²) in [4.78, 5) is 0. The van der Waals surface area contributed by atoms with E-state index < -0.39 is 0 Å². The van der Waals surface area contributed by atoms with Crippen LogP contribution < -0.4 is 0 Å². The quantitative estimate of drug-likeness (QED) is 0.679. The van der Waals surface area contributed by atoms with Gasteiger partial charge in [-0.1, -0.05) is 51.5 Å². The monoisotopic (exact) mass is 204 g/mol. The highest BCUT2D eigenvalue weighted by molar-refractivity contribution is 5.31. The third-order valence-corrected chi connectivity index (χ3v) is 3.25. The molecule has 0 N–H and O–H groups in total. The minimum absolute atomic E-state index is 0.291. The van der Waals surface area contributed by atoms with Gasteiger partial charge in [0.15, 0.2) is 0 Å². The molecule has 0 saturated carbocycles. The van der Waals surface area contributed by atoms with Gasteiger partial charge in [0.1, 0.15) is 6.10 Å². The first kappa shape index (κ1) is 10.7. The smallest absolute Gasteiger partial charge is 0.106 e. The van der Waals surface area contributed by atoms with E-state index in [0.717, 1.165) is 6.61 Å². The van der Waals surface area contributed by atoms with Crippen LogP contribution in [-0.4, -0.2) is 6.61 Å². The summed E-state index contributed by atoms with van der Waals surface area (Å²) in [5.41, 5.74) is 3.08. The predicted octanol–water partition coefficient (Wildman–Crippen LogP) is 3.84. The Balaban J connectivity index is 2.23. The van der Waals surface area contributed by atoms with Gasteiger partial charge in [-0.05, 0) is 23.0 Å². The molecule has 1 aliphatic rings. The molecule has 0 spiro atoms. The lowest BCUT2D eigenvalue weighted by Gasteiger charge is -2.25. The lowest BCUT2D eigenvalue weighted by atomic mass is 9.80. The molecular weight excluding hydrogens is 184 g/mol. The zero-order chi connectivity index (χ0) is 10.9. The first-order valence-corrected chi connectivity index (χ1v) is 5.85. The Morgan fingerprint density at radius 2 is 2.13 bits per heavy atom. The number of epoxide rings is 1. The van der Waals surface area contributed by atoms with Crippen molar-refractivity contribution in [1.82, 2.24) is 0 Å². The van der Waals surface area contributed by atoms with Crippen molar-refractivity contribution >= 4 is 0 Å². The van der Waals surface area contributed by atoms with E-state index in [0.29, 0.717) is 11.5 Å². The lowest BCUT2D eigenvalue weighted by molar-refractivity contribution is 0.414. The summed E-state index contributed by atoms with van der Waals surface area (Å²) in [6.07, 6.45) is 2.85. The molecule has 0 aromatic heterocycles. The Bertz CT molecular complexity index is 337. The second-order valence-corrected chi connectivity index (χ2v) is 5.08. The highest BCUT2D eigenvalue weighted by Crippen LogP contribution is 2.34. The van der Waals surface area contributed by atoms with E-state index in [2.05, 4.69) is 45.0 Å². The number of ether oxygens (including phenoxy) is 1. The molecule has 1 atom stereocenters. The zero-order valence-corrected chi connectivity index (χ0v) is 9.92. The van der Waals surface area contributed by atoms with Crippen LogP contribution in [0.2, 0.25) is 0 Å². The van der Waals surface area contributed by atoms with Crippen molar-refractivity contribution in [1.29, 1.82) is 0 Å². The summed E-state index contributed by atoms with van der Waals surface area (Å²) in [5.74, 6) is 0. The van der Waals surface area contributed by atoms with E-state index in [1.165, 1.54) is 24.0 Å². The lowest BCUT2D eigenvalue weighted by Crippen LogP contribution is -2.16. The molecule has 0 bridgehead atoms. The topological polar surface area (TPSA) is 12.5 Å². The summed E-state index contributed by atoms with van der Waals surface area (Å²) in [5, 5.41) is 0. The van der Waals surface area contributed by atoms with Crippen molar-refractivity contribution in [3.05, 3.63) is 35.4 Å². The minimum Gasteiger partial charge on any atom is -0.368 e. The third kappa shape index (κ3) is 2.40. The summed E-state index contributed by atoms with van der Waals surface area (Å²) in [6.45, 7) is 7.79. The summed E-state index contributed by atoms with van der Waals surface area (Å²) in [7, 11) is 0. The molecule has 1 saturated heterocycles. The standard InChI is InChI=1S/C14H20O/c1-4-8-14(2,3)12-7-5-6-11(9-12)13-10-15-13/h5-7,9,13H,4,8,10H2,1-3H3. The van der Waals surface area contributed by atoms with Crippen molar-refractivity contribution < 1.29 is 4.74 Å². The first-order chi connectivity index (χ1) is 7.13. The molecule has 1 aromatic rings. The van der Waals surface area contributed by atoms with Crippen LogP contribution in [0.15, 0.2) is 24.3 Å². The van der Waals surface area contributed by atoms with Gasteiger partial charge < -0.3 is 4.74 Å². The fourth-order valence-electron chi connectivity index (χ4n) is 2.17. The Hall–Kier alpha value is -0.820. The van der Waals surface area contributed by atoms with Crippen LogP contribution in [0.4, 0.5) is 0 Å². The highest BCUT2D eigenvalue weighted by atomic mass is 16.6. The normalized spacial score (nSPS) is 20.3. The molecule has 82 valence electrons. The van der Waals surface area contributed by atoms with Crippen molar-refractivity contribution in [3.8, 4) is 0 Å². The van der Waals surface area contributed by atoms with Gasteiger partial charge in [0.2, 0.25) is 0 Å². The average molecular weight is 204 g/mol. The maximum atomic E-state index is 5.32.